The molecule has 0 amide bonds. The molecule has 1 aliphatic rings. The van der Waals surface area contributed by atoms with E-state index in [0.717, 1.165) is 13.1 Å². The molecule has 1 aliphatic heterocycles. The molecule has 0 spiro atoms. The molecule has 2 nitrogen and oxygen atoms in total. The molecule has 0 aliphatic carbocycles. The van der Waals surface area contributed by atoms with Crippen molar-refractivity contribution in [1.29, 1.82) is 0 Å². The van der Waals surface area contributed by atoms with Crippen molar-refractivity contribution in [3.05, 3.63) is 0 Å². The third-order valence-corrected chi connectivity index (χ3v) is 2.33. The third kappa shape index (κ3) is 1.84. The van der Waals surface area contributed by atoms with Gasteiger partial charge >= 0.3 is 0 Å². The Morgan fingerprint density at radius 3 is 2.80 bits per heavy atom. The summed E-state index contributed by atoms with van der Waals surface area (Å²) in [6.07, 6.45) is 1.18. The second kappa shape index (κ2) is 3.56. The van der Waals surface area contributed by atoms with Gasteiger partial charge in [0.25, 0.3) is 0 Å². The number of nitrogens with one attached hydrogen (secondary N) is 1. The van der Waals surface area contributed by atoms with Crippen LogP contribution in [0.2, 0.25) is 0 Å². The van der Waals surface area contributed by atoms with Crippen LogP contribution in [-0.2, 0) is 0 Å². The van der Waals surface area contributed by atoms with E-state index in [9.17, 15) is 0 Å². The second-order valence-corrected chi connectivity index (χ2v) is 3.44. The lowest BCUT2D eigenvalue weighted by Gasteiger charge is -2.13. The highest BCUT2D eigenvalue weighted by Crippen LogP contribution is 2.11. The van der Waals surface area contributed by atoms with E-state index in [1.165, 1.54) is 6.42 Å². The number of rotatable bonds is 2. The zero-order valence-corrected chi connectivity index (χ0v) is 7.36. The molecule has 0 bridgehead atoms. The van der Waals surface area contributed by atoms with E-state index in [-0.39, 0.29) is 5.38 Å². The predicted molar refractivity (Wildman–Crippen MR) is 44.1 cm³/mol. The van der Waals surface area contributed by atoms with Gasteiger partial charge in [-0.25, -0.2) is 5.01 Å². The highest BCUT2D eigenvalue weighted by atomic mass is 35.5. The van der Waals surface area contributed by atoms with Gasteiger partial charge in [-0.3, -0.25) is 5.43 Å². The second-order valence-electron chi connectivity index (χ2n) is 2.88. The van der Waals surface area contributed by atoms with Crippen molar-refractivity contribution < 1.29 is 0 Å². The van der Waals surface area contributed by atoms with E-state index >= 15 is 0 Å². The predicted octanol–water partition coefficient (Wildman–Crippen LogP) is 1.21. The Bertz CT molecular complexity index is 97.8. The summed E-state index contributed by atoms with van der Waals surface area (Å²) in [4.78, 5) is 0. The third-order valence-electron chi connectivity index (χ3n) is 1.82. The minimum Gasteiger partial charge on any atom is -0.251 e. The molecule has 2 atom stereocenters. The van der Waals surface area contributed by atoms with Crippen LogP contribution in [0.3, 0.4) is 0 Å². The van der Waals surface area contributed by atoms with Gasteiger partial charge in [-0.05, 0) is 13.3 Å². The van der Waals surface area contributed by atoms with E-state index in [2.05, 4.69) is 24.3 Å². The molecule has 10 heavy (non-hydrogen) atoms. The number of nitrogens with zero attached hydrogens (tertiary/aromatic N) is 1. The van der Waals surface area contributed by atoms with Crippen molar-refractivity contribution in [3.63, 3.8) is 0 Å². The lowest BCUT2D eigenvalue weighted by atomic mass is 10.3. The van der Waals surface area contributed by atoms with Gasteiger partial charge in [-0.1, -0.05) is 6.92 Å². The summed E-state index contributed by atoms with van der Waals surface area (Å²) >= 11 is 5.99. The average molecular weight is 163 g/mol. The van der Waals surface area contributed by atoms with Crippen LogP contribution in [0, 0.1) is 0 Å². The summed E-state index contributed by atoms with van der Waals surface area (Å²) in [5.41, 5.74) is 3.31. The zero-order valence-electron chi connectivity index (χ0n) is 6.60. The molecule has 0 saturated carbocycles. The molecule has 1 heterocycles. The zero-order chi connectivity index (χ0) is 7.56. The summed E-state index contributed by atoms with van der Waals surface area (Å²) in [7, 11) is 0. The largest absolute Gasteiger partial charge is 0.251 e. The first-order chi connectivity index (χ1) is 4.74. The maximum Gasteiger partial charge on any atom is 0.0641 e. The van der Waals surface area contributed by atoms with Crippen LogP contribution in [0.15, 0.2) is 0 Å². The molecule has 1 rings (SSSR count). The number of hydrogen-bond acceptors (Lipinski definition) is 2. The molecule has 0 aromatic rings. The van der Waals surface area contributed by atoms with Gasteiger partial charge in [0.05, 0.1) is 5.38 Å². The highest BCUT2D eigenvalue weighted by Gasteiger charge is 2.25. The normalized spacial score (nSPS) is 35.1. The Kier molecular flexibility index (Phi) is 2.96. The number of hydrogen-bond donors (Lipinski definition) is 1. The molecule has 1 N–H and O–H groups in total. The number of alkyl halides is 1. The first-order valence-electron chi connectivity index (χ1n) is 3.89. The Morgan fingerprint density at radius 2 is 2.40 bits per heavy atom. The molecular weight excluding hydrogens is 148 g/mol. The van der Waals surface area contributed by atoms with Gasteiger partial charge in [0.2, 0.25) is 0 Å². The van der Waals surface area contributed by atoms with Crippen molar-refractivity contribution in [3.8, 4) is 0 Å². The average Bonchev–Trinajstić information content (AvgIpc) is 2.14. The summed E-state index contributed by atoms with van der Waals surface area (Å²) in [5.74, 6) is 0. The van der Waals surface area contributed by atoms with Crippen molar-refractivity contribution in [2.24, 2.45) is 0 Å². The van der Waals surface area contributed by atoms with Crippen LogP contribution in [0.4, 0.5) is 0 Å². The van der Waals surface area contributed by atoms with Crippen LogP contribution in [0.5, 0.6) is 0 Å². The summed E-state index contributed by atoms with van der Waals surface area (Å²) in [6.45, 7) is 6.38. The highest BCUT2D eigenvalue weighted by molar-refractivity contribution is 6.21. The number of hydrazine groups is 1. The van der Waals surface area contributed by atoms with E-state index in [0.29, 0.717) is 6.04 Å². The fourth-order valence-electron chi connectivity index (χ4n) is 1.22. The van der Waals surface area contributed by atoms with Gasteiger partial charge in [-0.2, -0.15) is 0 Å². The molecule has 3 heteroatoms. The van der Waals surface area contributed by atoms with Crippen LogP contribution in [0.1, 0.15) is 20.3 Å². The minimum atomic E-state index is 0.284. The van der Waals surface area contributed by atoms with Gasteiger partial charge in [-0.15, -0.1) is 11.6 Å². The topological polar surface area (TPSA) is 15.3 Å². The van der Waals surface area contributed by atoms with E-state index in [1.807, 2.05) is 0 Å². The number of halogens is 1. The van der Waals surface area contributed by atoms with Crippen LogP contribution >= 0.6 is 11.6 Å². The van der Waals surface area contributed by atoms with Crippen molar-refractivity contribution in [2.45, 2.75) is 31.7 Å². The molecule has 1 saturated heterocycles. The molecular formula is C7H15ClN2. The SMILES string of the molecule is CCCN1CC(Cl)C(C)N1. The standard InChI is InChI=1S/C7H15ClN2/c1-3-4-10-5-7(8)6(2)9-10/h6-7,9H,3-5H2,1-2H3. The molecule has 0 radical (unpaired) electrons. The first kappa shape index (κ1) is 8.31. The first-order valence-corrected chi connectivity index (χ1v) is 4.33. The quantitative estimate of drug-likeness (QED) is 0.615. The minimum absolute atomic E-state index is 0.284. The Labute approximate surface area is 67.5 Å². The molecule has 1 fully saturated rings. The van der Waals surface area contributed by atoms with Gasteiger partial charge in [0, 0.05) is 19.1 Å². The molecule has 0 aromatic heterocycles. The van der Waals surface area contributed by atoms with E-state index in [1.54, 1.807) is 0 Å². The monoisotopic (exact) mass is 162 g/mol. The molecule has 60 valence electrons. The van der Waals surface area contributed by atoms with E-state index in [4.69, 9.17) is 11.6 Å². The van der Waals surface area contributed by atoms with Crippen molar-refractivity contribution >= 4 is 11.6 Å². The maximum absolute atomic E-state index is 5.99. The Morgan fingerprint density at radius 1 is 1.70 bits per heavy atom. The van der Waals surface area contributed by atoms with Gasteiger partial charge < -0.3 is 0 Å². The molecule has 2 unspecified atom stereocenters. The lowest BCUT2D eigenvalue weighted by molar-refractivity contribution is 0.240. The van der Waals surface area contributed by atoms with Crippen LogP contribution in [0.25, 0.3) is 0 Å². The van der Waals surface area contributed by atoms with Crippen LogP contribution < -0.4 is 5.43 Å². The van der Waals surface area contributed by atoms with Gasteiger partial charge in [0.15, 0.2) is 0 Å². The fourth-order valence-corrected chi connectivity index (χ4v) is 1.44. The van der Waals surface area contributed by atoms with Crippen molar-refractivity contribution in [2.75, 3.05) is 13.1 Å². The summed E-state index contributed by atoms with van der Waals surface area (Å²) in [6, 6.07) is 0.438. The fraction of sp³-hybridized carbons (Fsp3) is 1.00. The van der Waals surface area contributed by atoms with Crippen LogP contribution in [-0.4, -0.2) is 29.5 Å². The smallest absolute Gasteiger partial charge is 0.0641 e. The lowest BCUT2D eigenvalue weighted by Crippen LogP contribution is -2.34. The molecule has 0 aromatic carbocycles. The summed E-state index contributed by atoms with van der Waals surface area (Å²) in [5, 5.41) is 2.48. The Hall–Kier alpha value is 0.210. The maximum atomic E-state index is 5.99. The van der Waals surface area contributed by atoms with E-state index < -0.39 is 0 Å². The van der Waals surface area contributed by atoms with Gasteiger partial charge in [0.1, 0.15) is 0 Å². The summed E-state index contributed by atoms with van der Waals surface area (Å²) < 4.78 is 0. The van der Waals surface area contributed by atoms with Crippen molar-refractivity contribution in [1.82, 2.24) is 10.4 Å². The Balaban J connectivity index is 2.27.